The maximum Gasteiger partial charge on any atom is 0.261 e. The summed E-state index contributed by atoms with van der Waals surface area (Å²) in [7, 11) is 1.53. The molecule has 0 aromatic carbocycles. The average molecular weight is 1290 g/mol. The van der Waals surface area contributed by atoms with Crippen LogP contribution in [0.25, 0.3) is 0 Å². The Hall–Kier alpha value is -2.38. The molecule has 2 rings (SSSR count). The molecule has 1 heterocycles. The molecular formula is C65H123NO23. The van der Waals surface area contributed by atoms with Gasteiger partial charge in [-0.1, -0.05) is 113 Å². The molecule has 2 fully saturated rings. The summed E-state index contributed by atoms with van der Waals surface area (Å²) >= 11 is 0. The third-order valence-electron chi connectivity index (χ3n) is 19.1. The lowest BCUT2D eigenvalue weighted by atomic mass is 9.68. The van der Waals surface area contributed by atoms with Crippen LogP contribution in [0.4, 0.5) is 0 Å². The number of hydrogen-bond acceptors (Lipinski definition) is 23. The Morgan fingerprint density at radius 2 is 1.02 bits per heavy atom. The molecule has 1 aliphatic carbocycles. The van der Waals surface area contributed by atoms with Crippen molar-refractivity contribution in [3.8, 4) is 0 Å². The number of Topliss-reactive ketones (excluding diaryl/α,β-unsaturated/α-hetero) is 1. The molecule has 24 nitrogen and oxygen atoms in total. The zero-order valence-electron chi connectivity index (χ0n) is 55.4. The van der Waals surface area contributed by atoms with E-state index in [0.717, 1.165) is 38.5 Å². The van der Waals surface area contributed by atoms with Crippen LogP contribution in [0.2, 0.25) is 0 Å². The Labute approximate surface area is 528 Å². The zero-order valence-corrected chi connectivity index (χ0v) is 55.4. The van der Waals surface area contributed by atoms with E-state index in [0.29, 0.717) is 31.3 Å². The molecule has 526 valence electrons. The average Bonchev–Trinajstić information content (AvgIpc) is 2.87. The van der Waals surface area contributed by atoms with Crippen LogP contribution >= 0.6 is 0 Å². The van der Waals surface area contributed by atoms with Gasteiger partial charge in [-0.15, -0.1) is 0 Å². The van der Waals surface area contributed by atoms with E-state index < -0.39 is 188 Å². The lowest BCUT2D eigenvalue weighted by Gasteiger charge is -2.47. The van der Waals surface area contributed by atoms with Crippen molar-refractivity contribution in [2.24, 2.45) is 47.3 Å². The SMILES string of the molecule is CC(=C\C(C)CC(C)CC(O)C(O)C(C)C(O)C(C)C(O)C(C)C)/C(O)=C1/C(=O)C(C)N(C)C1=O.CCCCCCCCCC(O)CC1(O)CC(CC(O)C(O)C(O)C(O)C(O)CC(O)CC(O)CC(O)C(C)C(O)C(C)C(O)CC(C)O)C(O)C(O)C1O. The van der Waals surface area contributed by atoms with Crippen LogP contribution in [0.1, 0.15) is 192 Å². The molecule has 1 aliphatic heterocycles. The molecule has 0 bridgehead atoms. The minimum absolute atomic E-state index is 0.0115. The van der Waals surface area contributed by atoms with Crippen molar-refractivity contribution in [3.05, 3.63) is 23.0 Å². The number of hydrogen-bond donors (Lipinski definition) is 21. The fourth-order valence-electron chi connectivity index (χ4n) is 12.7. The van der Waals surface area contributed by atoms with Crippen molar-refractivity contribution in [1.29, 1.82) is 0 Å². The largest absolute Gasteiger partial charge is 0.507 e. The Morgan fingerprint density at radius 3 is 1.53 bits per heavy atom. The fraction of sp³-hybridized carbons (Fsp3) is 0.908. The van der Waals surface area contributed by atoms with Gasteiger partial charge >= 0.3 is 0 Å². The Bertz CT molecular complexity index is 2050. The van der Waals surface area contributed by atoms with Crippen LogP contribution in [-0.4, -0.2) is 258 Å². The van der Waals surface area contributed by atoms with Crippen molar-refractivity contribution in [3.63, 3.8) is 0 Å². The predicted molar refractivity (Wildman–Crippen MR) is 333 cm³/mol. The van der Waals surface area contributed by atoms with Crippen molar-refractivity contribution in [2.45, 2.75) is 320 Å². The van der Waals surface area contributed by atoms with Crippen LogP contribution < -0.4 is 0 Å². The Kier molecular flexibility index (Phi) is 38.1. The predicted octanol–water partition coefficient (Wildman–Crippen LogP) is 0.523. The molecule has 1 saturated carbocycles. The monoisotopic (exact) mass is 1290 g/mol. The van der Waals surface area contributed by atoms with Crippen LogP contribution in [0.15, 0.2) is 23.0 Å². The van der Waals surface area contributed by atoms with Crippen molar-refractivity contribution in [1.82, 2.24) is 4.90 Å². The summed E-state index contributed by atoms with van der Waals surface area (Å²) in [4.78, 5) is 26.0. The first-order valence-electron chi connectivity index (χ1n) is 32.7. The highest BCUT2D eigenvalue weighted by molar-refractivity contribution is 6.26. The number of aliphatic hydroxyl groups excluding tert-OH is 20. The first-order chi connectivity index (χ1) is 41.1. The molecule has 24 heteroatoms. The molecule has 0 aromatic heterocycles. The molecule has 1 amide bonds. The lowest BCUT2D eigenvalue weighted by Crippen LogP contribution is -2.62. The minimum Gasteiger partial charge on any atom is -0.507 e. The standard InChI is InChI=1S/C38H76O16.C27H47NO7/c1-5-6-7-8-9-10-11-12-24(40)19-38(54)18-23(32(48)36(52)37(38)53)14-29(45)33(49)35(51)34(50)30(46)17-26(42)15-25(41)16-28(44)22(4)31(47)21(3)27(43)13-20(2)39;1-13(2)22(30)17(6)24(32)18(7)25(33)20(29)12-15(4)10-14(3)11-16(5)23(31)21-26(34)19(8)28(9)27(21)35/h20-37,39-54H,5-19H2,1-4H3;11,13-15,17-20,22,24-25,29-33H,10,12H2,1-9H3/b;16-11+,23-21+. The Balaban J connectivity index is 0.000000975. The maximum atomic E-state index is 12.3. The lowest BCUT2D eigenvalue weighted by molar-refractivity contribution is -0.219. The normalized spacial score (nSPS) is 28.5. The van der Waals surface area contributed by atoms with Crippen LogP contribution in [0.5, 0.6) is 0 Å². The van der Waals surface area contributed by atoms with Gasteiger partial charge in [-0.05, 0) is 101 Å². The van der Waals surface area contributed by atoms with Gasteiger partial charge in [-0.25, -0.2) is 0 Å². The van der Waals surface area contributed by atoms with Gasteiger partial charge in [0.05, 0.1) is 97.1 Å². The van der Waals surface area contributed by atoms with E-state index in [1.165, 1.54) is 25.8 Å². The Morgan fingerprint density at radius 1 is 0.551 bits per heavy atom. The van der Waals surface area contributed by atoms with Crippen LogP contribution in [-0.2, 0) is 9.59 Å². The molecule has 0 aromatic rings. The van der Waals surface area contributed by atoms with Gasteiger partial charge in [0.25, 0.3) is 5.91 Å². The summed E-state index contributed by atoms with van der Waals surface area (Å²) < 4.78 is 0. The molecule has 1 saturated heterocycles. The highest BCUT2D eigenvalue weighted by Gasteiger charge is 2.53. The first-order valence-corrected chi connectivity index (χ1v) is 32.7. The summed E-state index contributed by atoms with van der Waals surface area (Å²) in [5.41, 5.74) is -1.78. The summed E-state index contributed by atoms with van der Waals surface area (Å²) in [6, 6.07) is -0.602. The van der Waals surface area contributed by atoms with E-state index in [-0.39, 0.29) is 54.8 Å². The number of allylic oxidation sites excluding steroid dienone is 2. The number of carbonyl (C=O) groups is 2. The second-order valence-corrected chi connectivity index (χ2v) is 27.6. The van der Waals surface area contributed by atoms with Gasteiger partial charge in [0.15, 0.2) is 5.78 Å². The number of likely N-dealkylation sites (tertiary alicyclic amines) is 1. The number of ketones is 1. The van der Waals surface area contributed by atoms with Crippen molar-refractivity contribution < 1.29 is 117 Å². The quantitative estimate of drug-likeness (QED) is 0.0172. The molecular weight excluding hydrogens is 1160 g/mol. The summed E-state index contributed by atoms with van der Waals surface area (Å²) in [6.45, 7) is 21.0. The summed E-state index contributed by atoms with van der Waals surface area (Å²) in [6.07, 6.45) is -19.8. The van der Waals surface area contributed by atoms with E-state index in [9.17, 15) is 117 Å². The number of likely N-dealkylation sites (N-methyl/N-ethyl adjacent to an activating group) is 1. The summed E-state index contributed by atoms with van der Waals surface area (Å²) in [5, 5.41) is 221. The third kappa shape index (κ3) is 26.4. The van der Waals surface area contributed by atoms with E-state index in [1.807, 2.05) is 27.7 Å². The minimum atomic E-state index is -2.18. The number of aliphatic hydroxyl groups is 21. The molecule has 28 atom stereocenters. The highest BCUT2D eigenvalue weighted by atomic mass is 16.4. The van der Waals surface area contributed by atoms with Crippen LogP contribution in [0.3, 0.4) is 0 Å². The van der Waals surface area contributed by atoms with Gasteiger partial charge in [-0.2, -0.15) is 0 Å². The number of carbonyl (C=O) groups excluding carboxylic acids is 2. The first kappa shape index (κ1) is 84.6. The fourth-order valence-corrected chi connectivity index (χ4v) is 12.7. The van der Waals surface area contributed by atoms with E-state index in [1.54, 1.807) is 40.7 Å². The molecule has 89 heavy (non-hydrogen) atoms. The molecule has 2 aliphatic rings. The smallest absolute Gasteiger partial charge is 0.261 e. The number of unbranched alkanes of at least 4 members (excludes halogenated alkanes) is 6. The van der Waals surface area contributed by atoms with Gasteiger partial charge in [-0.3, -0.25) is 9.59 Å². The molecule has 0 spiro atoms. The maximum absolute atomic E-state index is 12.3. The van der Waals surface area contributed by atoms with Crippen molar-refractivity contribution in [2.75, 3.05) is 7.05 Å². The van der Waals surface area contributed by atoms with Gasteiger partial charge in [0, 0.05) is 43.6 Å². The number of rotatable bonds is 40. The highest BCUT2D eigenvalue weighted by Crippen LogP contribution is 2.40. The van der Waals surface area contributed by atoms with E-state index in [2.05, 4.69) is 6.92 Å². The third-order valence-corrected chi connectivity index (χ3v) is 19.1. The number of amides is 1. The molecule has 0 radical (unpaired) electrons. The zero-order chi connectivity index (χ0) is 68.9. The number of nitrogens with zero attached hydrogens (tertiary/aromatic N) is 1. The van der Waals surface area contributed by atoms with Gasteiger partial charge in [0.1, 0.15) is 41.9 Å². The second-order valence-electron chi connectivity index (χ2n) is 27.6. The van der Waals surface area contributed by atoms with Crippen molar-refractivity contribution >= 4 is 11.7 Å². The van der Waals surface area contributed by atoms with Gasteiger partial charge < -0.3 is 112 Å². The summed E-state index contributed by atoms with van der Waals surface area (Å²) in [5.74, 6) is -4.94. The van der Waals surface area contributed by atoms with E-state index in [4.69, 9.17) is 0 Å². The molecule has 21 N–H and O–H groups in total. The topological polar surface area (TPSA) is 462 Å². The van der Waals surface area contributed by atoms with E-state index >= 15 is 0 Å². The molecule has 28 unspecified atom stereocenters. The second kappa shape index (κ2) is 40.1. The van der Waals surface area contributed by atoms with Gasteiger partial charge in [0.2, 0.25) is 0 Å². The van der Waals surface area contributed by atoms with Crippen LogP contribution in [0, 0.1) is 47.3 Å².